The Balaban J connectivity index is 3.06. The molecule has 1 aromatic carbocycles. The van der Waals surface area contributed by atoms with Gasteiger partial charge in [0.1, 0.15) is 10.2 Å². The van der Waals surface area contributed by atoms with Gasteiger partial charge in [0.15, 0.2) is 0 Å². The molecule has 5 nitrogen and oxygen atoms in total. The van der Waals surface area contributed by atoms with Crippen LogP contribution in [0.1, 0.15) is 11.1 Å². The number of hydrogen-bond acceptors (Lipinski definition) is 5. The van der Waals surface area contributed by atoms with Gasteiger partial charge in [0.05, 0.1) is 0 Å². The fourth-order valence-corrected chi connectivity index (χ4v) is 1.37. The quantitative estimate of drug-likeness (QED) is 0.589. The number of rotatable bonds is 2. The minimum atomic E-state index is -4.45. The molecule has 0 amide bonds. The van der Waals surface area contributed by atoms with E-state index >= 15 is 0 Å². The maximum absolute atomic E-state index is 10.3. The fourth-order valence-electron chi connectivity index (χ4n) is 1.00. The lowest BCUT2D eigenvalue weighted by molar-refractivity contribution is -1.91. The third kappa shape index (κ3) is 2.49. The van der Waals surface area contributed by atoms with Crippen LogP contribution >= 0.6 is 0 Å². The number of anilines is 1. The summed E-state index contributed by atoms with van der Waals surface area (Å²) in [5.41, 5.74) is 7.33. The van der Waals surface area contributed by atoms with E-state index in [9.17, 15) is 14.0 Å². The molecule has 1 aromatic rings. The molecular weight excluding hydrogens is 210 g/mol. The molecule has 0 aliphatic carbocycles. The first-order valence-corrected chi connectivity index (χ1v) is 5.01. The van der Waals surface area contributed by atoms with Crippen LogP contribution in [0, 0.1) is 24.1 Å². The number of halogens is 1. The van der Waals surface area contributed by atoms with Crippen molar-refractivity contribution in [3.8, 4) is 5.75 Å². The van der Waals surface area contributed by atoms with Crippen molar-refractivity contribution in [2.75, 3.05) is 5.73 Å². The van der Waals surface area contributed by atoms with Gasteiger partial charge < -0.3 is 5.73 Å². The second-order valence-corrected chi connectivity index (χ2v) is 3.77. The van der Waals surface area contributed by atoms with Crippen LogP contribution in [0.2, 0.25) is 0 Å². The molecular formula is C8H10ClNO4. The maximum atomic E-state index is 10.3. The van der Waals surface area contributed by atoms with Crippen LogP contribution in [0.25, 0.3) is 0 Å². The molecule has 0 saturated heterocycles. The van der Waals surface area contributed by atoms with Crippen molar-refractivity contribution >= 4 is 5.69 Å². The third-order valence-corrected chi connectivity index (χ3v) is 2.31. The molecule has 1 rings (SSSR count). The third-order valence-electron chi connectivity index (χ3n) is 1.96. The normalized spacial score (nSPS) is 11.5. The minimum absolute atomic E-state index is 0.00775. The molecule has 0 saturated carbocycles. The predicted octanol–water partition coefficient (Wildman–Crippen LogP) is -1.84. The van der Waals surface area contributed by atoms with Crippen LogP contribution in [0.15, 0.2) is 12.1 Å². The van der Waals surface area contributed by atoms with E-state index in [0.717, 1.165) is 0 Å². The van der Waals surface area contributed by atoms with Crippen molar-refractivity contribution in [3.05, 3.63) is 23.3 Å². The van der Waals surface area contributed by atoms with Crippen molar-refractivity contribution in [3.63, 3.8) is 0 Å². The van der Waals surface area contributed by atoms with Gasteiger partial charge in [-0.25, -0.2) is 0 Å². The molecule has 0 spiro atoms. The second-order valence-electron chi connectivity index (χ2n) is 2.86. The lowest BCUT2D eigenvalue weighted by Gasteiger charge is -2.14. The Labute approximate surface area is 83.5 Å². The largest absolute Gasteiger partial charge is 0.399 e. The summed E-state index contributed by atoms with van der Waals surface area (Å²) in [6.07, 6.45) is 0. The highest BCUT2D eigenvalue weighted by atomic mass is 35.7. The smallest absolute Gasteiger partial charge is 0.291 e. The second kappa shape index (κ2) is 3.62. The highest BCUT2D eigenvalue weighted by molar-refractivity contribution is 5.54. The molecule has 14 heavy (non-hydrogen) atoms. The lowest BCUT2D eigenvalue weighted by atomic mass is 10.1. The molecule has 0 bridgehead atoms. The van der Waals surface area contributed by atoms with Gasteiger partial charge >= 0.3 is 0 Å². The van der Waals surface area contributed by atoms with Gasteiger partial charge in [-0.05, 0) is 31.5 Å². The zero-order valence-corrected chi connectivity index (χ0v) is 8.50. The summed E-state index contributed by atoms with van der Waals surface area (Å²) < 4.78 is 35.1. The van der Waals surface area contributed by atoms with E-state index < -0.39 is 10.2 Å². The van der Waals surface area contributed by atoms with Crippen LogP contribution in [0.4, 0.5) is 5.69 Å². The highest BCUT2D eigenvalue weighted by Gasteiger charge is 2.22. The SMILES string of the molecule is Cc1c(N)ccc(O[Cl+3]([O-])([O-])[O-])c1C. The van der Waals surface area contributed by atoms with Gasteiger partial charge in [0.25, 0.3) is 5.75 Å². The van der Waals surface area contributed by atoms with Crippen LogP contribution < -0.4 is 24.0 Å². The zero-order valence-electron chi connectivity index (χ0n) is 7.74. The standard InChI is InChI=1S/C8H10ClNO4/c1-5-6(2)8(4-3-7(5)10)14-9(11,12)13/h3-4H,10H2,1-2H3. The van der Waals surface area contributed by atoms with Crippen LogP contribution in [-0.2, 0) is 0 Å². The molecule has 0 aliphatic heterocycles. The maximum Gasteiger partial charge on any atom is 0.291 e. The fraction of sp³-hybridized carbons (Fsp3) is 0.250. The van der Waals surface area contributed by atoms with Gasteiger partial charge in [0.2, 0.25) is 0 Å². The molecule has 0 aromatic heterocycles. The Hall–Kier alpha value is -1.01. The van der Waals surface area contributed by atoms with Crippen molar-refractivity contribution < 1.29 is 28.5 Å². The average Bonchev–Trinajstić information content (AvgIpc) is 2.04. The number of hydrogen-bond donors (Lipinski definition) is 1. The summed E-state index contributed by atoms with van der Waals surface area (Å²) in [5, 5.41) is 0. The van der Waals surface area contributed by atoms with E-state index in [4.69, 9.17) is 5.73 Å². The summed E-state index contributed by atoms with van der Waals surface area (Å²) in [6.45, 7) is 3.34. The van der Waals surface area contributed by atoms with E-state index in [0.29, 0.717) is 16.8 Å². The Kier molecular flexibility index (Phi) is 2.86. The summed E-state index contributed by atoms with van der Waals surface area (Å²) in [5.74, 6) is 0.00775. The van der Waals surface area contributed by atoms with E-state index in [1.165, 1.54) is 12.1 Å². The Morgan fingerprint density at radius 1 is 1.14 bits per heavy atom. The van der Waals surface area contributed by atoms with Crippen molar-refractivity contribution in [2.45, 2.75) is 13.8 Å². The first kappa shape index (κ1) is 11.1. The van der Waals surface area contributed by atoms with Crippen molar-refractivity contribution in [1.29, 1.82) is 0 Å². The molecule has 0 radical (unpaired) electrons. The topological polar surface area (TPSA) is 104 Å². The molecule has 0 unspecified atom stereocenters. The molecule has 78 valence electrons. The molecule has 6 heteroatoms. The van der Waals surface area contributed by atoms with E-state index in [1.807, 2.05) is 0 Å². The van der Waals surface area contributed by atoms with Gasteiger partial charge in [-0.3, -0.25) is 0 Å². The van der Waals surface area contributed by atoms with E-state index in [-0.39, 0.29) is 5.75 Å². The Bertz CT molecular complexity index is 348. The summed E-state index contributed by atoms with van der Waals surface area (Å²) in [7, 11) is -4.45. The number of nitrogens with two attached hydrogens (primary N) is 1. The molecule has 2 N–H and O–H groups in total. The predicted molar refractivity (Wildman–Crippen MR) is 41.0 cm³/mol. The van der Waals surface area contributed by atoms with Crippen LogP contribution in [-0.4, -0.2) is 0 Å². The van der Waals surface area contributed by atoms with Crippen molar-refractivity contribution in [2.24, 2.45) is 0 Å². The van der Waals surface area contributed by atoms with Gasteiger partial charge in [0, 0.05) is 11.3 Å². The first-order chi connectivity index (χ1) is 6.31. The molecule has 0 fully saturated rings. The lowest BCUT2D eigenvalue weighted by Crippen LogP contribution is -2.63. The Morgan fingerprint density at radius 3 is 2.21 bits per heavy atom. The Morgan fingerprint density at radius 2 is 1.71 bits per heavy atom. The highest BCUT2D eigenvalue weighted by Crippen LogP contribution is 2.26. The zero-order chi connectivity index (χ0) is 10.9. The minimum Gasteiger partial charge on any atom is -0.399 e. The molecule has 0 atom stereocenters. The van der Waals surface area contributed by atoms with Crippen molar-refractivity contribution in [1.82, 2.24) is 0 Å². The molecule has 0 heterocycles. The van der Waals surface area contributed by atoms with Gasteiger partial charge in [-0.2, -0.15) is 14.0 Å². The van der Waals surface area contributed by atoms with Crippen LogP contribution in [0.5, 0.6) is 5.75 Å². The summed E-state index contributed by atoms with van der Waals surface area (Å²) in [6, 6.07) is 2.83. The monoisotopic (exact) mass is 219 g/mol. The van der Waals surface area contributed by atoms with Gasteiger partial charge in [-0.15, -0.1) is 0 Å². The summed E-state index contributed by atoms with van der Waals surface area (Å²) in [4.78, 5) is 0. The van der Waals surface area contributed by atoms with E-state index in [1.54, 1.807) is 13.8 Å². The number of nitrogen functional groups attached to an aromatic ring is 1. The first-order valence-electron chi connectivity index (χ1n) is 3.77. The van der Waals surface area contributed by atoms with E-state index in [2.05, 4.69) is 4.29 Å². The summed E-state index contributed by atoms with van der Waals surface area (Å²) >= 11 is 0. The average molecular weight is 220 g/mol. The molecule has 0 aliphatic rings. The number of benzene rings is 1. The van der Waals surface area contributed by atoms with Crippen LogP contribution in [0.3, 0.4) is 0 Å². The van der Waals surface area contributed by atoms with Gasteiger partial charge in [-0.1, -0.05) is 4.29 Å².